The summed E-state index contributed by atoms with van der Waals surface area (Å²) in [5.74, 6) is 0.00777. The van der Waals surface area contributed by atoms with Gasteiger partial charge in [0, 0.05) is 25.6 Å². The third kappa shape index (κ3) is 3.68. The van der Waals surface area contributed by atoms with Gasteiger partial charge in [-0.25, -0.2) is 0 Å². The maximum atomic E-state index is 12.3. The van der Waals surface area contributed by atoms with Crippen molar-refractivity contribution in [2.24, 2.45) is 5.92 Å². The predicted octanol–water partition coefficient (Wildman–Crippen LogP) is 3.64. The molecule has 2 aromatic rings. The highest BCUT2D eigenvalue weighted by Gasteiger charge is 2.39. The Morgan fingerprint density at radius 1 is 1.04 bits per heavy atom. The molecule has 0 aromatic heterocycles. The van der Waals surface area contributed by atoms with Crippen molar-refractivity contribution in [2.75, 3.05) is 20.2 Å². The van der Waals surface area contributed by atoms with E-state index in [0.29, 0.717) is 0 Å². The van der Waals surface area contributed by atoms with Crippen molar-refractivity contribution < 1.29 is 9.53 Å². The van der Waals surface area contributed by atoms with Gasteiger partial charge in [0.05, 0.1) is 13.0 Å². The lowest BCUT2D eigenvalue weighted by Crippen LogP contribution is -2.24. The van der Waals surface area contributed by atoms with Crippen LogP contribution in [0.3, 0.4) is 0 Å². The molecule has 2 unspecified atom stereocenters. The largest absolute Gasteiger partial charge is 0.469 e. The van der Waals surface area contributed by atoms with Crippen molar-refractivity contribution in [3.8, 4) is 0 Å². The van der Waals surface area contributed by atoms with Crippen molar-refractivity contribution in [2.45, 2.75) is 25.8 Å². The predicted molar refractivity (Wildman–Crippen MR) is 95.8 cm³/mol. The Bertz CT molecular complexity index is 666. The van der Waals surface area contributed by atoms with Crippen LogP contribution >= 0.6 is 0 Å². The first-order valence-corrected chi connectivity index (χ1v) is 8.64. The first kappa shape index (κ1) is 16.7. The van der Waals surface area contributed by atoms with Crippen molar-refractivity contribution in [3.05, 3.63) is 71.3 Å². The van der Waals surface area contributed by atoms with Gasteiger partial charge in [0.25, 0.3) is 0 Å². The van der Waals surface area contributed by atoms with E-state index in [1.807, 2.05) is 6.07 Å². The van der Waals surface area contributed by atoms with Crippen molar-refractivity contribution >= 4 is 5.97 Å². The molecule has 1 saturated heterocycles. The number of carbonyl (C=O) groups is 1. The highest BCUT2D eigenvalue weighted by molar-refractivity contribution is 5.74. The maximum absolute atomic E-state index is 12.3. The Hall–Kier alpha value is -2.13. The molecule has 2 atom stereocenters. The average Bonchev–Trinajstić information content (AvgIpc) is 3.05. The van der Waals surface area contributed by atoms with E-state index in [4.69, 9.17) is 4.74 Å². The molecule has 0 bridgehead atoms. The molecule has 1 heterocycles. The number of rotatable bonds is 5. The Balaban J connectivity index is 1.78. The quantitative estimate of drug-likeness (QED) is 0.787. The molecule has 0 saturated carbocycles. The SMILES string of the molecule is CCc1ccc(C2CN(Cc3ccccc3)CC2C(=O)OC)cc1. The molecule has 0 aliphatic carbocycles. The molecule has 1 aliphatic rings. The number of carbonyl (C=O) groups excluding carboxylic acids is 1. The minimum Gasteiger partial charge on any atom is -0.469 e. The second kappa shape index (κ2) is 7.63. The molecule has 3 nitrogen and oxygen atoms in total. The number of aryl methyl sites for hydroxylation is 1. The highest BCUT2D eigenvalue weighted by Crippen LogP contribution is 2.34. The van der Waals surface area contributed by atoms with E-state index in [-0.39, 0.29) is 17.8 Å². The molecule has 0 spiro atoms. The van der Waals surface area contributed by atoms with Crippen LogP contribution in [-0.4, -0.2) is 31.1 Å². The van der Waals surface area contributed by atoms with Crippen molar-refractivity contribution in [3.63, 3.8) is 0 Å². The zero-order valence-corrected chi connectivity index (χ0v) is 14.4. The van der Waals surface area contributed by atoms with Crippen LogP contribution < -0.4 is 0 Å². The zero-order chi connectivity index (χ0) is 16.9. The van der Waals surface area contributed by atoms with Gasteiger partial charge in [-0.15, -0.1) is 0 Å². The van der Waals surface area contributed by atoms with Crippen LogP contribution in [0, 0.1) is 5.92 Å². The molecular weight excluding hydrogens is 298 g/mol. The lowest BCUT2D eigenvalue weighted by molar-refractivity contribution is -0.145. The van der Waals surface area contributed by atoms with Gasteiger partial charge in [0.15, 0.2) is 0 Å². The first-order valence-electron chi connectivity index (χ1n) is 8.64. The molecule has 0 radical (unpaired) electrons. The molecule has 3 heteroatoms. The van der Waals surface area contributed by atoms with Crippen LogP contribution in [0.1, 0.15) is 29.5 Å². The second-order valence-corrected chi connectivity index (χ2v) is 6.51. The van der Waals surface area contributed by atoms with Gasteiger partial charge in [-0.05, 0) is 23.1 Å². The first-order chi connectivity index (χ1) is 11.7. The third-order valence-corrected chi connectivity index (χ3v) is 4.96. The van der Waals surface area contributed by atoms with Gasteiger partial charge in [0.2, 0.25) is 0 Å². The molecule has 0 N–H and O–H groups in total. The summed E-state index contributed by atoms with van der Waals surface area (Å²) in [5, 5.41) is 0. The Morgan fingerprint density at radius 3 is 2.38 bits per heavy atom. The van der Waals surface area contributed by atoms with E-state index in [1.165, 1.54) is 23.8 Å². The Labute approximate surface area is 144 Å². The zero-order valence-electron chi connectivity index (χ0n) is 14.4. The standard InChI is InChI=1S/C21H25NO2/c1-3-16-9-11-18(12-10-16)19-14-22(15-20(19)21(23)24-2)13-17-7-5-4-6-8-17/h4-12,19-20H,3,13-15H2,1-2H3. The number of esters is 1. The molecule has 126 valence electrons. The number of hydrogen-bond acceptors (Lipinski definition) is 3. The normalized spacial score (nSPS) is 20.9. The summed E-state index contributed by atoms with van der Waals surface area (Å²) in [6.07, 6.45) is 1.03. The van der Waals surface area contributed by atoms with Crippen LogP contribution in [-0.2, 0) is 22.5 Å². The summed E-state index contributed by atoms with van der Waals surface area (Å²) in [5.41, 5.74) is 3.84. The van der Waals surface area contributed by atoms with Gasteiger partial charge in [-0.1, -0.05) is 61.5 Å². The number of nitrogens with zero attached hydrogens (tertiary/aromatic N) is 1. The van der Waals surface area contributed by atoms with Crippen LogP contribution in [0.2, 0.25) is 0 Å². The monoisotopic (exact) mass is 323 g/mol. The second-order valence-electron chi connectivity index (χ2n) is 6.51. The number of ether oxygens (including phenoxy) is 1. The van der Waals surface area contributed by atoms with Crippen LogP contribution in [0.4, 0.5) is 0 Å². The molecule has 24 heavy (non-hydrogen) atoms. The lowest BCUT2D eigenvalue weighted by Gasteiger charge is -2.17. The fourth-order valence-corrected chi connectivity index (χ4v) is 3.58. The fourth-order valence-electron chi connectivity index (χ4n) is 3.58. The summed E-state index contributed by atoms with van der Waals surface area (Å²) in [6.45, 7) is 4.67. The van der Waals surface area contributed by atoms with Gasteiger partial charge in [-0.3, -0.25) is 9.69 Å². The number of methoxy groups -OCH3 is 1. The average molecular weight is 323 g/mol. The Morgan fingerprint density at radius 2 is 1.75 bits per heavy atom. The van der Waals surface area contributed by atoms with Crippen molar-refractivity contribution in [1.29, 1.82) is 0 Å². The highest BCUT2D eigenvalue weighted by atomic mass is 16.5. The molecule has 2 aromatic carbocycles. The molecule has 1 fully saturated rings. The van der Waals surface area contributed by atoms with E-state index in [9.17, 15) is 4.79 Å². The summed E-state index contributed by atoms with van der Waals surface area (Å²) in [7, 11) is 1.49. The number of likely N-dealkylation sites (tertiary alicyclic amines) is 1. The lowest BCUT2D eigenvalue weighted by atomic mass is 9.88. The molecular formula is C21H25NO2. The Kier molecular flexibility index (Phi) is 5.31. The van der Waals surface area contributed by atoms with E-state index < -0.39 is 0 Å². The minimum absolute atomic E-state index is 0.0915. The van der Waals surface area contributed by atoms with E-state index >= 15 is 0 Å². The number of hydrogen-bond donors (Lipinski definition) is 0. The smallest absolute Gasteiger partial charge is 0.310 e. The third-order valence-electron chi connectivity index (χ3n) is 4.96. The molecule has 0 amide bonds. The van der Waals surface area contributed by atoms with E-state index in [1.54, 1.807) is 0 Å². The van der Waals surface area contributed by atoms with Gasteiger partial charge >= 0.3 is 5.97 Å². The maximum Gasteiger partial charge on any atom is 0.310 e. The van der Waals surface area contributed by atoms with Gasteiger partial charge in [-0.2, -0.15) is 0 Å². The molecule has 1 aliphatic heterocycles. The molecule has 3 rings (SSSR count). The number of benzene rings is 2. The fraction of sp³-hybridized carbons (Fsp3) is 0.381. The van der Waals surface area contributed by atoms with Crippen LogP contribution in [0.25, 0.3) is 0 Å². The summed E-state index contributed by atoms with van der Waals surface area (Å²) in [4.78, 5) is 14.6. The topological polar surface area (TPSA) is 29.5 Å². The van der Waals surface area contributed by atoms with Crippen molar-refractivity contribution in [1.82, 2.24) is 4.90 Å². The van der Waals surface area contributed by atoms with Gasteiger partial charge < -0.3 is 4.74 Å². The summed E-state index contributed by atoms with van der Waals surface area (Å²) < 4.78 is 5.06. The van der Waals surface area contributed by atoms with E-state index in [0.717, 1.165) is 26.1 Å². The minimum atomic E-state index is -0.102. The van der Waals surface area contributed by atoms with E-state index in [2.05, 4.69) is 60.4 Å². The summed E-state index contributed by atoms with van der Waals surface area (Å²) in [6, 6.07) is 19.1. The van der Waals surface area contributed by atoms with Gasteiger partial charge in [0.1, 0.15) is 0 Å². The van der Waals surface area contributed by atoms with Crippen LogP contribution in [0.15, 0.2) is 54.6 Å². The van der Waals surface area contributed by atoms with Crippen LogP contribution in [0.5, 0.6) is 0 Å². The summed E-state index contributed by atoms with van der Waals surface area (Å²) >= 11 is 0.